The highest BCUT2D eigenvalue weighted by molar-refractivity contribution is 7.80. The number of aliphatic hydroxyl groups is 3. The summed E-state index contributed by atoms with van der Waals surface area (Å²) in [7, 11) is -4.93. The predicted octanol–water partition coefficient (Wildman–Crippen LogP) is -0.468. The standard InChI is InChI=1S/C16H28O10S/c1-5-16(4)7-6-10(15(2,3)26-16)24-14-12(19)11(18)13(9(8-17)23-14)25-27(20,21)22/h5,9-14,17-19H,1,6-8H2,2-4H3,(H,20,21,22)/t9-,10-,11-,12-,13-,14+,16-/m1/s1. The second kappa shape index (κ2) is 8.01. The van der Waals surface area contributed by atoms with Crippen LogP contribution >= 0.6 is 0 Å². The fraction of sp³-hybridized carbons (Fsp3) is 0.875. The molecular weight excluding hydrogens is 384 g/mol. The van der Waals surface area contributed by atoms with Gasteiger partial charge < -0.3 is 29.5 Å². The maximum absolute atomic E-state index is 10.9. The Kier molecular flexibility index (Phi) is 6.72. The maximum Gasteiger partial charge on any atom is 0.397 e. The van der Waals surface area contributed by atoms with Crippen molar-refractivity contribution in [2.75, 3.05) is 6.61 Å². The lowest BCUT2D eigenvalue weighted by atomic mass is 9.85. The Balaban J connectivity index is 2.12. The van der Waals surface area contributed by atoms with Gasteiger partial charge in [-0.2, -0.15) is 8.42 Å². The Hall–Kier alpha value is -0.630. The van der Waals surface area contributed by atoms with Crippen LogP contribution in [-0.4, -0.2) is 82.9 Å². The van der Waals surface area contributed by atoms with Crippen LogP contribution in [0, 0.1) is 0 Å². The molecule has 0 aromatic rings. The molecule has 2 saturated heterocycles. The molecule has 0 radical (unpaired) electrons. The topological polar surface area (TPSA) is 152 Å². The molecule has 0 spiro atoms. The van der Waals surface area contributed by atoms with Crippen LogP contribution < -0.4 is 0 Å². The molecular formula is C16H28O10S. The van der Waals surface area contributed by atoms with Crippen LogP contribution in [0.2, 0.25) is 0 Å². The first-order valence-electron chi connectivity index (χ1n) is 8.59. The quantitative estimate of drug-likeness (QED) is 0.333. The molecule has 0 unspecified atom stereocenters. The molecule has 27 heavy (non-hydrogen) atoms. The molecule has 2 heterocycles. The van der Waals surface area contributed by atoms with Crippen LogP contribution in [-0.2, 0) is 28.8 Å². The molecule has 0 aliphatic carbocycles. The highest BCUT2D eigenvalue weighted by Crippen LogP contribution is 2.39. The van der Waals surface area contributed by atoms with Crippen LogP contribution in [0.3, 0.4) is 0 Å². The molecule has 2 rings (SSSR count). The minimum absolute atomic E-state index is 0.518. The first-order chi connectivity index (χ1) is 12.3. The smallest absolute Gasteiger partial charge is 0.394 e. The fourth-order valence-electron chi connectivity index (χ4n) is 3.44. The number of ether oxygens (including phenoxy) is 3. The number of aliphatic hydroxyl groups excluding tert-OH is 3. The van der Waals surface area contributed by atoms with E-state index in [4.69, 9.17) is 18.8 Å². The second-order valence-corrected chi connectivity index (χ2v) is 8.63. The third kappa shape index (κ3) is 5.25. The zero-order chi connectivity index (χ0) is 20.6. The zero-order valence-corrected chi connectivity index (χ0v) is 16.3. The van der Waals surface area contributed by atoms with Gasteiger partial charge in [-0.25, -0.2) is 4.18 Å². The molecule has 4 N–H and O–H groups in total. The van der Waals surface area contributed by atoms with Crippen molar-refractivity contribution >= 4 is 10.4 Å². The monoisotopic (exact) mass is 412 g/mol. The van der Waals surface area contributed by atoms with Gasteiger partial charge in [-0.05, 0) is 33.6 Å². The average molecular weight is 412 g/mol. The van der Waals surface area contributed by atoms with Crippen LogP contribution in [0.1, 0.15) is 33.6 Å². The van der Waals surface area contributed by atoms with E-state index in [1.54, 1.807) is 19.9 Å². The van der Waals surface area contributed by atoms with Crippen LogP contribution in [0.5, 0.6) is 0 Å². The summed E-state index contributed by atoms with van der Waals surface area (Å²) in [6, 6.07) is 0. The minimum atomic E-state index is -4.93. The molecule has 2 fully saturated rings. The lowest BCUT2D eigenvalue weighted by molar-refractivity contribution is -0.332. The van der Waals surface area contributed by atoms with Gasteiger partial charge >= 0.3 is 10.4 Å². The summed E-state index contributed by atoms with van der Waals surface area (Å²) in [5.74, 6) is 0. The molecule has 0 bridgehead atoms. The Morgan fingerprint density at radius 1 is 1.26 bits per heavy atom. The molecule has 0 saturated carbocycles. The first kappa shape index (κ1) is 22.7. The third-order valence-corrected chi connectivity index (χ3v) is 5.42. The normalized spacial score (nSPS) is 42.6. The zero-order valence-electron chi connectivity index (χ0n) is 15.5. The van der Waals surface area contributed by atoms with Crippen LogP contribution in [0.25, 0.3) is 0 Å². The number of rotatable bonds is 6. The van der Waals surface area contributed by atoms with E-state index in [1.807, 2.05) is 6.92 Å². The first-order valence-corrected chi connectivity index (χ1v) is 9.96. The van der Waals surface area contributed by atoms with E-state index in [0.29, 0.717) is 12.8 Å². The summed E-state index contributed by atoms with van der Waals surface area (Å²) < 4.78 is 52.3. The summed E-state index contributed by atoms with van der Waals surface area (Å²) in [6.07, 6.45) is -5.52. The molecule has 0 amide bonds. The van der Waals surface area contributed by atoms with Crippen molar-refractivity contribution in [1.82, 2.24) is 0 Å². The van der Waals surface area contributed by atoms with Gasteiger partial charge in [0.15, 0.2) is 6.29 Å². The van der Waals surface area contributed by atoms with E-state index in [2.05, 4.69) is 10.8 Å². The summed E-state index contributed by atoms with van der Waals surface area (Å²) in [4.78, 5) is 0. The van der Waals surface area contributed by atoms with Crippen LogP contribution in [0.15, 0.2) is 12.7 Å². The van der Waals surface area contributed by atoms with Crippen molar-refractivity contribution in [3.05, 3.63) is 12.7 Å². The van der Waals surface area contributed by atoms with Gasteiger partial charge in [-0.15, -0.1) is 6.58 Å². The van der Waals surface area contributed by atoms with Gasteiger partial charge in [0.1, 0.15) is 24.4 Å². The molecule has 11 heteroatoms. The van der Waals surface area contributed by atoms with Crippen molar-refractivity contribution in [3.8, 4) is 0 Å². The lowest BCUT2D eigenvalue weighted by Crippen LogP contribution is -2.62. The van der Waals surface area contributed by atoms with E-state index in [-0.39, 0.29) is 0 Å². The van der Waals surface area contributed by atoms with Crippen molar-refractivity contribution in [1.29, 1.82) is 0 Å². The summed E-state index contributed by atoms with van der Waals surface area (Å²) in [6.45, 7) is 8.54. The Morgan fingerprint density at radius 2 is 1.89 bits per heavy atom. The summed E-state index contributed by atoms with van der Waals surface area (Å²) in [5, 5.41) is 29.9. The Labute approximate surface area is 158 Å². The lowest BCUT2D eigenvalue weighted by Gasteiger charge is -2.49. The van der Waals surface area contributed by atoms with E-state index in [9.17, 15) is 23.7 Å². The van der Waals surface area contributed by atoms with Gasteiger partial charge in [0.05, 0.1) is 23.9 Å². The number of hydrogen-bond donors (Lipinski definition) is 4. The third-order valence-electron chi connectivity index (χ3n) is 4.96. The number of hydrogen-bond acceptors (Lipinski definition) is 9. The van der Waals surface area contributed by atoms with Gasteiger partial charge in [-0.3, -0.25) is 4.55 Å². The fourth-order valence-corrected chi connectivity index (χ4v) is 3.96. The van der Waals surface area contributed by atoms with Crippen molar-refractivity contribution in [2.45, 2.75) is 81.6 Å². The van der Waals surface area contributed by atoms with Crippen LogP contribution in [0.4, 0.5) is 0 Å². The molecule has 10 nitrogen and oxygen atoms in total. The van der Waals surface area contributed by atoms with Gasteiger partial charge in [0.2, 0.25) is 0 Å². The summed E-state index contributed by atoms with van der Waals surface area (Å²) >= 11 is 0. The minimum Gasteiger partial charge on any atom is -0.394 e. The average Bonchev–Trinajstić information content (AvgIpc) is 2.55. The molecule has 7 atom stereocenters. The molecule has 0 aromatic heterocycles. The molecule has 0 aromatic carbocycles. The van der Waals surface area contributed by atoms with E-state index >= 15 is 0 Å². The van der Waals surface area contributed by atoms with E-state index < -0.39 is 65.0 Å². The largest absolute Gasteiger partial charge is 0.397 e. The van der Waals surface area contributed by atoms with Gasteiger partial charge in [0, 0.05) is 0 Å². The van der Waals surface area contributed by atoms with E-state index in [1.165, 1.54) is 0 Å². The highest BCUT2D eigenvalue weighted by Gasteiger charge is 2.50. The Morgan fingerprint density at radius 3 is 2.37 bits per heavy atom. The molecule has 2 aliphatic heterocycles. The highest BCUT2D eigenvalue weighted by atomic mass is 32.3. The van der Waals surface area contributed by atoms with E-state index in [0.717, 1.165) is 0 Å². The van der Waals surface area contributed by atoms with Gasteiger partial charge in [0.25, 0.3) is 0 Å². The van der Waals surface area contributed by atoms with Crippen molar-refractivity contribution < 1.29 is 46.7 Å². The molecule has 158 valence electrons. The maximum atomic E-state index is 10.9. The second-order valence-electron chi connectivity index (χ2n) is 7.58. The van der Waals surface area contributed by atoms with Crippen molar-refractivity contribution in [3.63, 3.8) is 0 Å². The Bertz CT molecular complexity index is 633. The van der Waals surface area contributed by atoms with Gasteiger partial charge in [-0.1, -0.05) is 6.08 Å². The SMILES string of the molecule is C=C[C@]1(C)CC[C@@H](O[C@@H]2O[C@H](CO)[C@@H](OS(=O)(=O)O)[C@H](O)[C@H]2O)C(C)(C)O1. The molecule has 2 aliphatic rings. The summed E-state index contributed by atoms with van der Waals surface area (Å²) in [5.41, 5.74) is -1.30. The van der Waals surface area contributed by atoms with Crippen molar-refractivity contribution in [2.24, 2.45) is 0 Å². The predicted molar refractivity (Wildman–Crippen MR) is 92.1 cm³/mol.